The van der Waals surface area contributed by atoms with Crippen molar-refractivity contribution in [3.05, 3.63) is 0 Å². The molecular formula is C28H50O5. The summed E-state index contributed by atoms with van der Waals surface area (Å²) in [6.07, 6.45) is 7.97. The number of hydrogen-bond acceptors (Lipinski definition) is 5. The Bertz CT molecular complexity index is 710. The van der Waals surface area contributed by atoms with Crippen LogP contribution in [0.1, 0.15) is 98.8 Å². The van der Waals surface area contributed by atoms with Gasteiger partial charge in [-0.2, -0.15) is 0 Å². The van der Waals surface area contributed by atoms with Crippen LogP contribution in [0.15, 0.2) is 0 Å². The quantitative estimate of drug-likeness (QED) is 0.409. The van der Waals surface area contributed by atoms with E-state index < -0.39 is 23.4 Å². The van der Waals surface area contributed by atoms with Crippen LogP contribution in [0.2, 0.25) is 0 Å². The average molecular weight is 467 g/mol. The molecule has 4 aliphatic carbocycles. The first kappa shape index (κ1) is 25.9. The van der Waals surface area contributed by atoms with Gasteiger partial charge in [0.15, 0.2) is 0 Å². The molecule has 12 atom stereocenters. The molecule has 4 rings (SSSR count). The highest BCUT2D eigenvalue weighted by Crippen LogP contribution is 2.69. The van der Waals surface area contributed by atoms with E-state index in [2.05, 4.69) is 20.8 Å². The summed E-state index contributed by atoms with van der Waals surface area (Å²) < 4.78 is 0. The maximum Gasteiger partial charge on any atom is 0.0985 e. The molecule has 0 heterocycles. The van der Waals surface area contributed by atoms with Crippen LogP contribution >= 0.6 is 0 Å². The van der Waals surface area contributed by atoms with Crippen LogP contribution < -0.4 is 0 Å². The third-order valence-electron chi connectivity index (χ3n) is 12.0. The minimum atomic E-state index is -1.16. The molecule has 5 nitrogen and oxygen atoms in total. The average Bonchev–Trinajstić information content (AvgIpc) is 3.11. The maximum atomic E-state index is 11.6. The van der Waals surface area contributed by atoms with Crippen LogP contribution in [-0.4, -0.2) is 55.5 Å². The zero-order valence-electron chi connectivity index (χ0n) is 21.6. The number of hydrogen-bond donors (Lipinski definition) is 5. The number of fused-ring (bicyclic) bond motifs is 5. The van der Waals surface area contributed by atoms with Crippen molar-refractivity contribution < 1.29 is 25.5 Å². The van der Waals surface area contributed by atoms with E-state index in [0.717, 1.165) is 32.1 Å². The highest BCUT2D eigenvalue weighted by atomic mass is 16.3. The molecule has 0 spiro atoms. The fraction of sp³-hybridized carbons (Fsp3) is 1.00. The van der Waals surface area contributed by atoms with Crippen LogP contribution in [-0.2, 0) is 0 Å². The van der Waals surface area contributed by atoms with Gasteiger partial charge >= 0.3 is 0 Å². The molecule has 0 saturated heterocycles. The monoisotopic (exact) mass is 466 g/mol. The minimum Gasteiger partial charge on any atom is -0.393 e. The van der Waals surface area contributed by atoms with Crippen molar-refractivity contribution in [2.24, 2.45) is 46.3 Å². The van der Waals surface area contributed by atoms with Crippen LogP contribution in [0.5, 0.6) is 0 Å². The van der Waals surface area contributed by atoms with E-state index in [1.807, 2.05) is 6.92 Å². The van der Waals surface area contributed by atoms with Gasteiger partial charge in [-0.25, -0.2) is 0 Å². The van der Waals surface area contributed by atoms with Gasteiger partial charge in [0.1, 0.15) is 0 Å². The highest BCUT2D eigenvalue weighted by Gasteiger charge is 2.67. The van der Waals surface area contributed by atoms with Crippen LogP contribution in [0.3, 0.4) is 0 Å². The summed E-state index contributed by atoms with van der Waals surface area (Å²) in [6.45, 7) is 10.7. The second-order valence-electron chi connectivity index (χ2n) is 13.6. The third-order valence-corrected chi connectivity index (χ3v) is 12.0. The van der Waals surface area contributed by atoms with E-state index in [9.17, 15) is 25.5 Å². The highest BCUT2D eigenvalue weighted by molar-refractivity contribution is 5.17. The normalized spacial score (nSPS) is 51.1. The fourth-order valence-electron chi connectivity index (χ4n) is 9.42. The van der Waals surface area contributed by atoms with Gasteiger partial charge in [-0.1, -0.05) is 34.1 Å². The lowest BCUT2D eigenvalue weighted by molar-refractivity contribution is -0.264. The van der Waals surface area contributed by atoms with Gasteiger partial charge < -0.3 is 25.5 Å². The molecule has 0 aromatic heterocycles. The molecule has 192 valence electrons. The summed E-state index contributed by atoms with van der Waals surface area (Å²) in [5, 5.41) is 53.0. The molecule has 0 aromatic carbocycles. The molecule has 0 aromatic rings. The fourth-order valence-corrected chi connectivity index (χ4v) is 9.42. The largest absolute Gasteiger partial charge is 0.393 e. The molecule has 0 radical (unpaired) electrons. The van der Waals surface area contributed by atoms with E-state index in [-0.39, 0.29) is 23.4 Å². The Morgan fingerprint density at radius 2 is 1.67 bits per heavy atom. The summed E-state index contributed by atoms with van der Waals surface area (Å²) in [5.41, 5.74) is -2.23. The van der Waals surface area contributed by atoms with Crippen molar-refractivity contribution in [1.29, 1.82) is 0 Å². The van der Waals surface area contributed by atoms with Gasteiger partial charge in [0.05, 0.1) is 30.0 Å². The van der Waals surface area contributed by atoms with E-state index in [1.54, 1.807) is 6.92 Å². The predicted octanol–water partition coefficient (Wildman–Crippen LogP) is 3.89. The first-order chi connectivity index (χ1) is 15.3. The molecule has 4 saturated carbocycles. The number of aliphatic hydroxyl groups excluding tert-OH is 3. The third kappa shape index (κ3) is 3.93. The predicted molar refractivity (Wildman–Crippen MR) is 129 cm³/mol. The Hall–Kier alpha value is -0.200. The first-order valence-corrected chi connectivity index (χ1v) is 13.7. The Kier molecular flexibility index (Phi) is 6.84. The second-order valence-corrected chi connectivity index (χ2v) is 13.6. The molecule has 0 unspecified atom stereocenters. The van der Waals surface area contributed by atoms with Crippen molar-refractivity contribution in [3.63, 3.8) is 0 Å². The molecular weight excluding hydrogens is 416 g/mol. The van der Waals surface area contributed by atoms with Gasteiger partial charge in [0.25, 0.3) is 0 Å². The van der Waals surface area contributed by atoms with Gasteiger partial charge in [-0.15, -0.1) is 0 Å². The lowest BCUT2D eigenvalue weighted by atomic mass is 9.42. The number of aliphatic hydroxyl groups is 5. The molecule has 4 aliphatic rings. The molecule has 0 amide bonds. The van der Waals surface area contributed by atoms with Crippen molar-refractivity contribution in [3.8, 4) is 0 Å². The van der Waals surface area contributed by atoms with E-state index >= 15 is 0 Å². The summed E-state index contributed by atoms with van der Waals surface area (Å²) in [5.74, 6) is 2.74. The Morgan fingerprint density at radius 1 is 0.970 bits per heavy atom. The standard InChI is InChI=1S/C28H50O5/c1-17(6-7-18(2)27(5,32)16-29)21-8-9-22-20-14-24(31)28(33)15-19(30)10-13-26(28,4)23(20)11-12-25(21,22)3/h17-24,29-33H,6-16H2,1-5H3/t17-,18+,19+,20+,21-,22+,23+,24-,25-,26-,27+,28+/m1/s1. The molecule has 0 aliphatic heterocycles. The number of rotatable bonds is 6. The van der Waals surface area contributed by atoms with Crippen molar-refractivity contribution >= 4 is 0 Å². The Balaban J connectivity index is 1.50. The topological polar surface area (TPSA) is 101 Å². The zero-order chi connectivity index (χ0) is 24.4. The molecule has 5 N–H and O–H groups in total. The molecule has 4 fully saturated rings. The minimum absolute atomic E-state index is 0.0680. The van der Waals surface area contributed by atoms with Gasteiger partial charge in [-0.3, -0.25) is 0 Å². The lowest BCUT2D eigenvalue weighted by Gasteiger charge is -2.65. The zero-order valence-corrected chi connectivity index (χ0v) is 21.6. The summed E-state index contributed by atoms with van der Waals surface area (Å²) in [4.78, 5) is 0. The van der Waals surface area contributed by atoms with E-state index in [1.165, 1.54) is 19.3 Å². The lowest BCUT2D eigenvalue weighted by Crippen LogP contribution is -2.68. The van der Waals surface area contributed by atoms with Crippen LogP contribution in [0, 0.1) is 46.3 Å². The summed E-state index contributed by atoms with van der Waals surface area (Å²) in [7, 11) is 0. The van der Waals surface area contributed by atoms with Crippen LogP contribution in [0.4, 0.5) is 0 Å². The van der Waals surface area contributed by atoms with Crippen molar-refractivity contribution in [1.82, 2.24) is 0 Å². The SMILES string of the molecule is C[C@H](CC[C@H](C)[C@@](C)(O)CO)[C@H]1CC[C@H]2[C@@H]3C[C@@H](O)[C@@]4(O)C[C@@H](O)CC[C@]4(C)[C@H]3CC[C@]12C. The Morgan fingerprint density at radius 3 is 2.33 bits per heavy atom. The molecule has 5 heteroatoms. The van der Waals surface area contributed by atoms with Crippen molar-refractivity contribution in [2.75, 3.05) is 6.61 Å². The smallest absolute Gasteiger partial charge is 0.0985 e. The van der Waals surface area contributed by atoms with Gasteiger partial charge in [0, 0.05) is 11.8 Å². The van der Waals surface area contributed by atoms with Gasteiger partial charge in [-0.05, 0) is 99.2 Å². The molecule has 33 heavy (non-hydrogen) atoms. The van der Waals surface area contributed by atoms with Gasteiger partial charge in [0.2, 0.25) is 0 Å². The first-order valence-electron chi connectivity index (χ1n) is 13.7. The summed E-state index contributed by atoms with van der Waals surface area (Å²) >= 11 is 0. The Labute approximate surface area is 201 Å². The summed E-state index contributed by atoms with van der Waals surface area (Å²) in [6, 6.07) is 0. The second kappa shape index (κ2) is 8.73. The van der Waals surface area contributed by atoms with E-state index in [4.69, 9.17) is 0 Å². The maximum absolute atomic E-state index is 11.6. The van der Waals surface area contributed by atoms with Crippen molar-refractivity contribution in [2.45, 2.75) is 122 Å². The van der Waals surface area contributed by atoms with Crippen LogP contribution in [0.25, 0.3) is 0 Å². The molecule has 0 bridgehead atoms. The van der Waals surface area contributed by atoms with E-state index in [0.29, 0.717) is 42.4 Å².